The molecule has 1 saturated heterocycles. The Morgan fingerprint density at radius 3 is 2.76 bits per heavy atom. The third-order valence-electron chi connectivity index (χ3n) is 4.81. The molecule has 0 spiro atoms. The SMILES string of the molecule is COc1cccc(NC(=O)N(C)Cc2nc(C3CCN(S(C)(=O)=O)CC3)no2)c1. The van der Waals surface area contributed by atoms with E-state index in [2.05, 4.69) is 15.5 Å². The van der Waals surface area contributed by atoms with Crippen molar-refractivity contribution in [3.05, 3.63) is 36.0 Å². The maximum absolute atomic E-state index is 12.4. The van der Waals surface area contributed by atoms with Crippen LogP contribution in [0.3, 0.4) is 0 Å². The van der Waals surface area contributed by atoms with E-state index < -0.39 is 10.0 Å². The van der Waals surface area contributed by atoms with E-state index in [1.165, 1.54) is 15.5 Å². The van der Waals surface area contributed by atoms with Crippen molar-refractivity contribution >= 4 is 21.7 Å². The van der Waals surface area contributed by atoms with Gasteiger partial charge in [0.1, 0.15) is 12.3 Å². The Labute approximate surface area is 169 Å². The average molecular weight is 423 g/mol. The molecule has 2 aromatic rings. The molecule has 0 radical (unpaired) electrons. The first-order valence-corrected chi connectivity index (χ1v) is 11.0. The summed E-state index contributed by atoms with van der Waals surface area (Å²) in [7, 11) is 0.0177. The molecule has 1 aromatic heterocycles. The zero-order chi connectivity index (χ0) is 21.0. The number of carbonyl (C=O) groups is 1. The van der Waals surface area contributed by atoms with Crippen molar-refractivity contribution in [3.63, 3.8) is 0 Å². The summed E-state index contributed by atoms with van der Waals surface area (Å²) in [5.74, 6) is 1.57. The van der Waals surface area contributed by atoms with Crippen LogP contribution in [0.5, 0.6) is 5.75 Å². The van der Waals surface area contributed by atoms with Crippen LogP contribution in [0.2, 0.25) is 0 Å². The molecule has 29 heavy (non-hydrogen) atoms. The van der Waals surface area contributed by atoms with E-state index in [9.17, 15) is 13.2 Å². The summed E-state index contributed by atoms with van der Waals surface area (Å²) in [5, 5.41) is 6.80. The van der Waals surface area contributed by atoms with Gasteiger partial charge >= 0.3 is 6.03 Å². The summed E-state index contributed by atoms with van der Waals surface area (Å²) < 4.78 is 35.1. The molecule has 1 aliphatic heterocycles. The lowest BCUT2D eigenvalue weighted by Gasteiger charge is -2.28. The Morgan fingerprint density at radius 1 is 1.38 bits per heavy atom. The van der Waals surface area contributed by atoms with Crippen LogP contribution in [0.25, 0.3) is 0 Å². The highest BCUT2D eigenvalue weighted by Gasteiger charge is 2.28. The van der Waals surface area contributed by atoms with Gasteiger partial charge in [-0.25, -0.2) is 17.5 Å². The van der Waals surface area contributed by atoms with Crippen molar-refractivity contribution in [2.75, 3.05) is 38.8 Å². The molecule has 0 unspecified atom stereocenters. The molecule has 2 heterocycles. The van der Waals surface area contributed by atoms with E-state index in [1.54, 1.807) is 38.4 Å². The lowest BCUT2D eigenvalue weighted by molar-refractivity contribution is 0.213. The largest absolute Gasteiger partial charge is 0.497 e. The van der Waals surface area contributed by atoms with E-state index in [-0.39, 0.29) is 18.5 Å². The number of piperidine rings is 1. The van der Waals surface area contributed by atoms with E-state index >= 15 is 0 Å². The normalized spacial score (nSPS) is 15.8. The minimum atomic E-state index is -3.17. The highest BCUT2D eigenvalue weighted by Crippen LogP contribution is 2.27. The van der Waals surface area contributed by atoms with Crippen LogP contribution < -0.4 is 10.1 Å². The van der Waals surface area contributed by atoms with Gasteiger partial charge in [-0.15, -0.1) is 0 Å². The summed E-state index contributed by atoms with van der Waals surface area (Å²) in [6.45, 7) is 1.04. The van der Waals surface area contributed by atoms with Gasteiger partial charge in [0.2, 0.25) is 15.9 Å². The van der Waals surface area contributed by atoms with Gasteiger partial charge in [-0.2, -0.15) is 4.98 Å². The molecular formula is C18H25N5O5S. The zero-order valence-corrected chi connectivity index (χ0v) is 17.5. The maximum Gasteiger partial charge on any atom is 0.322 e. The fourth-order valence-corrected chi connectivity index (χ4v) is 4.01. The number of ether oxygens (including phenoxy) is 1. The first kappa shape index (κ1) is 21.1. The van der Waals surface area contributed by atoms with Crippen molar-refractivity contribution in [1.29, 1.82) is 0 Å². The number of nitrogens with one attached hydrogen (secondary N) is 1. The smallest absolute Gasteiger partial charge is 0.322 e. The Balaban J connectivity index is 1.55. The van der Waals surface area contributed by atoms with Gasteiger partial charge in [0, 0.05) is 37.8 Å². The van der Waals surface area contributed by atoms with Crippen LogP contribution in [-0.2, 0) is 16.6 Å². The molecule has 3 rings (SSSR count). The Hall–Kier alpha value is -2.66. The summed E-state index contributed by atoms with van der Waals surface area (Å²) >= 11 is 0. The van der Waals surface area contributed by atoms with Gasteiger partial charge < -0.3 is 19.5 Å². The summed E-state index contributed by atoms with van der Waals surface area (Å²) in [6, 6.07) is 6.74. The lowest BCUT2D eigenvalue weighted by Crippen LogP contribution is -2.37. The van der Waals surface area contributed by atoms with Crippen LogP contribution in [0.4, 0.5) is 10.5 Å². The van der Waals surface area contributed by atoms with Gasteiger partial charge in [0.15, 0.2) is 5.82 Å². The average Bonchev–Trinajstić information content (AvgIpc) is 3.16. The molecule has 1 fully saturated rings. The zero-order valence-electron chi connectivity index (χ0n) is 16.7. The van der Waals surface area contributed by atoms with E-state index in [0.29, 0.717) is 49.1 Å². The monoisotopic (exact) mass is 423 g/mol. The predicted octanol–water partition coefficient (Wildman–Crippen LogP) is 1.88. The number of nitrogens with zero attached hydrogens (tertiary/aromatic N) is 4. The second kappa shape index (κ2) is 8.78. The molecule has 0 saturated carbocycles. The number of amides is 2. The van der Waals surface area contributed by atoms with E-state index in [4.69, 9.17) is 9.26 Å². The van der Waals surface area contributed by atoms with Gasteiger partial charge in [-0.1, -0.05) is 11.2 Å². The highest BCUT2D eigenvalue weighted by atomic mass is 32.2. The van der Waals surface area contributed by atoms with Gasteiger partial charge in [-0.3, -0.25) is 0 Å². The quantitative estimate of drug-likeness (QED) is 0.754. The summed E-state index contributed by atoms with van der Waals surface area (Å²) in [4.78, 5) is 18.2. The van der Waals surface area contributed by atoms with Gasteiger partial charge in [-0.05, 0) is 25.0 Å². The molecular weight excluding hydrogens is 398 g/mol. The molecule has 0 atom stereocenters. The number of sulfonamides is 1. The predicted molar refractivity (Wildman–Crippen MR) is 106 cm³/mol. The van der Waals surface area contributed by atoms with Crippen LogP contribution >= 0.6 is 0 Å². The van der Waals surface area contributed by atoms with Crippen molar-refractivity contribution in [2.24, 2.45) is 0 Å². The lowest BCUT2D eigenvalue weighted by atomic mass is 9.98. The molecule has 0 aliphatic carbocycles. The topological polar surface area (TPSA) is 118 Å². The highest BCUT2D eigenvalue weighted by molar-refractivity contribution is 7.88. The van der Waals surface area contributed by atoms with Crippen LogP contribution in [0.1, 0.15) is 30.5 Å². The molecule has 1 aromatic carbocycles. The molecule has 0 bridgehead atoms. The number of benzene rings is 1. The number of carbonyl (C=O) groups excluding carboxylic acids is 1. The van der Waals surface area contributed by atoms with Gasteiger partial charge in [0.25, 0.3) is 0 Å². The number of hydrogen-bond donors (Lipinski definition) is 1. The van der Waals surface area contributed by atoms with E-state index in [0.717, 1.165) is 0 Å². The van der Waals surface area contributed by atoms with Crippen LogP contribution in [0.15, 0.2) is 28.8 Å². The third kappa shape index (κ3) is 5.45. The standard InChI is InChI=1S/C18H25N5O5S/c1-22(18(24)19-14-5-4-6-15(11-14)27-2)12-16-20-17(21-28-16)13-7-9-23(10-8-13)29(3,25)26/h4-6,11,13H,7-10,12H2,1-3H3,(H,19,24). The molecule has 2 amide bonds. The fraction of sp³-hybridized carbons (Fsp3) is 0.500. The van der Waals surface area contributed by atoms with Gasteiger partial charge in [0.05, 0.1) is 13.4 Å². The number of urea groups is 1. The maximum atomic E-state index is 12.4. The number of methoxy groups -OCH3 is 1. The van der Waals surface area contributed by atoms with Crippen molar-refractivity contribution in [2.45, 2.75) is 25.3 Å². The first-order valence-electron chi connectivity index (χ1n) is 9.20. The number of hydrogen-bond acceptors (Lipinski definition) is 7. The number of anilines is 1. The number of aromatic nitrogens is 2. The first-order chi connectivity index (χ1) is 13.8. The molecule has 10 nitrogen and oxygen atoms in total. The van der Waals surface area contributed by atoms with Crippen LogP contribution in [0, 0.1) is 0 Å². The fourth-order valence-electron chi connectivity index (χ4n) is 3.14. The second-order valence-corrected chi connectivity index (χ2v) is 8.98. The Bertz CT molecular complexity index is 953. The molecule has 1 aliphatic rings. The van der Waals surface area contributed by atoms with E-state index in [1.807, 2.05) is 0 Å². The van der Waals surface area contributed by atoms with Crippen LogP contribution in [-0.4, -0.2) is 67.3 Å². The van der Waals surface area contributed by atoms with Crippen molar-refractivity contribution in [1.82, 2.24) is 19.3 Å². The minimum Gasteiger partial charge on any atom is -0.497 e. The van der Waals surface area contributed by atoms with Crippen molar-refractivity contribution in [3.8, 4) is 5.75 Å². The Morgan fingerprint density at radius 2 is 2.10 bits per heavy atom. The molecule has 11 heteroatoms. The summed E-state index contributed by atoms with van der Waals surface area (Å²) in [5.41, 5.74) is 0.616. The van der Waals surface area contributed by atoms with Crippen molar-refractivity contribution < 1.29 is 22.5 Å². The third-order valence-corrected chi connectivity index (χ3v) is 6.12. The minimum absolute atomic E-state index is 0.0430. The second-order valence-electron chi connectivity index (χ2n) is 7.00. The number of rotatable bonds is 6. The molecule has 1 N–H and O–H groups in total. The summed E-state index contributed by atoms with van der Waals surface area (Å²) in [6.07, 6.45) is 2.49. The Kier molecular flexibility index (Phi) is 6.38. The molecule has 158 valence electrons.